The molecule has 3 aliphatic heterocycles. The minimum Gasteiger partial charge on any atom is -0.485 e. The molecule has 1 aromatic heterocycles. The summed E-state index contributed by atoms with van der Waals surface area (Å²) in [6.45, 7) is 6.00. The van der Waals surface area contributed by atoms with Crippen LogP contribution in [0.2, 0.25) is 5.02 Å². The zero-order valence-electron chi connectivity index (χ0n) is 24.9. The van der Waals surface area contributed by atoms with E-state index >= 15 is 0 Å². The average molecular weight is 620 g/mol. The van der Waals surface area contributed by atoms with Gasteiger partial charge in [-0.25, -0.2) is 14.2 Å². The number of ether oxygens (including phenoxy) is 4. The fraction of sp³-hybridized carbons (Fsp3) is 0.412. The van der Waals surface area contributed by atoms with E-state index in [9.17, 15) is 9.18 Å². The molecule has 0 amide bonds. The number of halogens is 2. The predicted molar refractivity (Wildman–Crippen MR) is 164 cm³/mol. The number of benzene rings is 3. The van der Waals surface area contributed by atoms with Crippen LogP contribution in [-0.4, -0.2) is 59.9 Å². The molecule has 10 heteroatoms. The van der Waals surface area contributed by atoms with Gasteiger partial charge in [-0.15, -0.1) is 0 Å². The lowest BCUT2D eigenvalue weighted by Crippen LogP contribution is -2.41. The molecule has 8 nitrogen and oxygen atoms in total. The second-order valence-electron chi connectivity index (χ2n) is 12.1. The highest BCUT2D eigenvalue weighted by molar-refractivity contribution is 6.30. The summed E-state index contributed by atoms with van der Waals surface area (Å²) in [6.07, 6.45) is 3.03. The molecule has 3 aliphatic rings. The first-order chi connectivity index (χ1) is 21.3. The van der Waals surface area contributed by atoms with Crippen LogP contribution in [0.1, 0.15) is 59.4 Å². The van der Waals surface area contributed by atoms with Gasteiger partial charge >= 0.3 is 5.97 Å². The summed E-state index contributed by atoms with van der Waals surface area (Å²) in [5.41, 5.74) is 2.82. The molecule has 2 fully saturated rings. The maximum atomic E-state index is 14.9. The van der Waals surface area contributed by atoms with Gasteiger partial charge in [0, 0.05) is 22.8 Å². The number of nitrogens with zero attached hydrogens (tertiary/aromatic N) is 3. The minimum absolute atomic E-state index is 0.150. The van der Waals surface area contributed by atoms with Gasteiger partial charge in [0.25, 0.3) is 0 Å². The van der Waals surface area contributed by atoms with Crippen LogP contribution in [0.15, 0.2) is 54.6 Å². The van der Waals surface area contributed by atoms with Gasteiger partial charge in [-0.05, 0) is 81.6 Å². The molecule has 0 N–H and O–H groups in total. The first-order valence-corrected chi connectivity index (χ1v) is 15.5. The van der Waals surface area contributed by atoms with Crippen LogP contribution in [0.5, 0.6) is 11.5 Å². The topological polar surface area (TPSA) is 75.0 Å². The van der Waals surface area contributed by atoms with Gasteiger partial charge in [0.2, 0.25) is 0 Å². The van der Waals surface area contributed by atoms with Crippen molar-refractivity contribution in [2.75, 3.05) is 33.4 Å². The minimum atomic E-state index is -0.977. The highest BCUT2D eigenvalue weighted by Crippen LogP contribution is 2.46. The molecular weight excluding hydrogens is 585 g/mol. The number of carbonyl (C=O) groups is 1. The molecule has 230 valence electrons. The molecule has 0 spiro atoms. The SMILES string of the molecule is COC(=O)c1ccc2nc(CN3CCC(c4cccc5c4OC(C)(c4ccc(Cl)cc4F)CO5)CC3)n(CC3CCO3)c2c1. The van der Waals surface area contributed by atoms with E-state index in [1.54, 1.807) is 18.2 Å². The van der Waals surface area contributed by atoms with Gasteiger partial charge in [-0.2, -0.15) is 0 Å². The fourth-order valence-electron chi connectivity index (χ4n) is 6.57. The van der Waals surface area contributed by atoms with Crippen LogP contribution in [0.4, 0.5) is 4.39 Å². The zero-order valence-corrected chi connectivity index (χ0v) is 25.6. The van der Waals surface area contributed by atoms with Crippen LogP contribution in [-0.2, 0) is 28.2 Å². The third kappa shape index (κ3) is 5.42. The Hall–Kier alpha value is -3.66. The lowest BCUT2D eigenvalue weighted by atomic mass is 9.87. The first kappa shape index (κ1) is 29.1. The van der Waals surface area contributed by atoms with E-state index in [0.29, 0.717) is 40.7 Å². The Bertz CT molecular complexity index is 1710. The molecule has 2 unspecified atom stereocenters. The molecule has 0 aliphatic carbocycles. The summed E-state index contributed by atoms with van der Waals surface area (Å²) in [6, 6.07) is 16.2. The zero-order chi connectivity index (χ0) is 30.4. The van der Waals surface area contributed by atoms with Crippen molar-refractivity contribution in [1.29, 1.82) is 0 Å². The molecule has 7 rings (SSSR count). The Morgan fingerprint density at radius 2 is 1.95 bits per heavy atom. The number of imidazole rings is 1. The molecule has 4 aromatic rings. The number of likely N-dealkylation sites (tertiary alicyclic amines) is 1. The number of hydrogen-bond acceptors (Lipinski definition) is 7. The first-order valence-electron chi connectivity index (χ1n) is 15.1. The van der Waals surface area contributed by atoms with E-state index in [0.717, 1.165) is 61.4 Å². The number of aromatic nitrogens is 2. The molecular formula is C34H35ClFN3O5. The number of carbonyl (C=O) groups excluding carboxylic acids is 1. The lowest BCUT2D eigenvalue weighted by molar-refractivity contribution is -0.0592. The summed E-state index contributed by atoms with van der Waals surface area (Å²) in [5.74, 6) is 1.85. The standard InChI is InChI=1S/C34H35ClFN3O5/c1-34(26-8-7-23(35)17-27(26)36)20-43-30-5-3-4-25(32(30)44-34)21-10-13-38(14-11-21)19-31-37-28-9-6-22(33(40)41-2)16-29(28)39(31)18-24-12-15-42-24/h3-9,16-17,21,24H,10-15,18-20H2,1-2H3. The number of rotatable bonds is 7. The molecule has 0 radical (unpaired) electrons. The number of piperidine rings is 1. The quantitative estimate of drug-likeness (QED) is 0.220. The van der Waals surface area contributed by atoms with Gasteiger partial charge < -0.3 is 23.5 Å². The second-order valence-corrected chi connectivity index (χ2v) is 12.5. The summed E-state index contributed by atoms with van der Waals surface area (Å²) in [7, 11) is 1.39. The normalized spacial score (nSPS) is 22.1. The summed E-state index contributed by atoms with van der Waals surface area (Å²) in [5, 5.41) is 0.345. The Morgan fingerprint density at radius 3 is 2.68 bits per heavy atom. The Balaban J connectivity index is 1.09. The molecule has 3 aromatic carbocycles. The second kappa shape index (κ2) is 11.7. The maximum Gasteiger partial charge on any atom is 0.337 e. The number of para-hydroxylation sites is 1. The molecule has 2 saturated heterocycles. The maximum absolute atomic E-state index is 14.9. The molecule has 0 bridgehead atoms. The highest BCUT2D eigenvalue weighted by atomic mass is 35.5. The van der Waals surface area contributed by atoms with Crippen LogP contribution >= 0.6 is 11.6 Å². The Morgan fingerprint density at radius 1 is 1.14 bits per heavy atom. The monoisotopic (exact) mass is 619 g/mol. The number of esters is 1. The van der Waals surface area contributed by atoms with E-state index in [1.165, 1.54) is 13.2 Å². The van der Waals surface area contributed by atoms with E-state index in [-0.39, 0.29) is 24.6 Å². The van der Waals surface area contributed by atoms with E-state index in [1.807, 2.05) is 31.2 Å². The average Bonchev–Trinajstić information content (AvgIpc) is 3.34. The van der Waals surface area contributed by atoms with Crippen molar-refractivity contribution in [3.8, 4) is 11.5 Å². The van der Waals surface area contributed by atoms with Crippen LogP contribution < -0.4 is 9.47 Å². The third-order valence-electron chi connectivity index (χ3n) is 9.16. The largest absolute Gasteiger partial charge is 0.485 e. The van der Waals surface area contributed by atoms with Crippen molar-refractivity contribution in [3.63, 3.8) is 0 Å². The number of fused-ring (bicyclic) bond motifs is 2. The number of methoxy groups -OCH3 is 1. The van der Waals surface area contributed by atoms with Gasteiger partial charge in [-0.3, -0.25) is 4.90 Å². The van der Waals surface area contributed by atoms with Crippen molar-refractivity contribution in [2.24, 2.45) is 0 Å². The predicted octanol–water partition coefficient (Wildman–Crippen LogP) is 6.47. The van der Waals surface area contributed by atoms with Gasteiger partial charge in [0.15, 0.2) is 17.1 Å². The van der Waals surface area contributed by atoms with E-state index < -0.39 is 11.4 Å². The van der Waals surface area contributed by atoms with Gasteiger partial charge in [0.05, 0.1) is 42.9 Å². The van der Waals surface area contributed by atoms with Crippen molar-refractivity contribution >= 4 is 28.6 Å². The Kier molecular flexibility index (Phi) is 7.72. The molecule has 0 saturated carbocycles. The fourth-order valence-corrected chi connectivity index (χ4v) is 6.73. The van der Waals surface area contributed by atoms with Crippen LogP contribution in [0.25, 0.3) is 11.0 Å². The van der Waals surface area contributed by atoms with Crippen molar-refractivity contribution < 1.29 is 28.1 Å². The van der Waals surface area contributed by atoms with Gasteiger partial charge in [-0.1, -0.05) is 29.8 Å². The van der Waals surface area contributed by atoms with E-state index in [2.05, 4.69) is 15.5 Å². The summed E-state index contributed by atoms with van der Waals surface area (Å²) in [4.78, 5) is 19.6. The smallest absolute Gasteiger partial charge is 0.337 e. The lowest BCUT2D eigenvalue weighted by Gasteiger charge is -2.39. The Labute approximate surface area is 260 Å². The van der Waals surface area contributed by atoms with Crippen molar-refractivity contribution in [2.45, 2.75) is 56.9 Å². The highest BCUT2D eigenvalue weighted by Gasteiger charge is 2.39. The molecule has 44 heavy (non-hydrogen) atoms. The van der Waals surface area contributed by atoms with Gasteiger partial charge in [0.1, 0.15) is 18.2 Å². The summed E-state index contributed by atoms with van der Waals surface area (Å²) >= 11 is 6.01. The van der Waals surface area contributed by atoms with Crippen molar-refractivity contribution in [1.82, 2.24) is 14.5 Å². The molecule has 2 atom stereocenters. The third-order valence-corrected chi connectivity index (χ3v) is 9.40. The number of hydrogen-bond donors (Lipinski definition) is 0. The summed E-state index contributed by atoms with van der Waals surface area (Å²) < 4.78 is 40.6. The van der Waals surface area contributed by atoms with Crippen LogP contribution in [0, 0.1) is 5.82 Å². The van der Waals surface area contributed by atoms with Crippen LogP contribution in [0.3, 0.4) is 0 Å². The molecule has 4 heterocycles. The van der Waals surface area contributed by atoms with E-state index in [4.69, 9.17) is 35.5 Å². The van der Waals surface area contributed by atoms with Crippen molar-refractivity contribution in [3.05, 3.63) is 88.0 Å².